The summed E-state index contributed by atoms with van der Waals surface area (Å²) in [5.74, 6) is -0.929. The molecule has 2 amide bonds. The topological polar surface area (TPSA) is 164 Å². The standard InChI is InChI=1S/C18H23N5O5S/c1-10(2)7-15(22-18(25)26)16(24)23-29(27,28)13-6-4-5-12(9-13)14-8-11(3)20-17(19)21-14/h4-6,8-10,15,22H,7H2,1-3H3,(H,23,24)(H,25,26)(H2,19,20,21). The molecule has 11 heteroatoms. The zero-order valence-electron chi connectivity index (χ0n) is 16.2. The second-order valence-electron chi connectivity index (χ2n) is 6.88. The van der Waals surface area contributed by atoms with Gasteiger partial charge in [-0.25, -0.2) is 27.9 Å². The van der Waals surface area contributed by atoms with Crippen LogP contribution in [0.5, 0.6) is 0 Å². The first-order chi connectivity index (χ1) is 13.5. The number of amides is 2. The van der Waals surface area contributed by atoms with Gasteiger partial charge in [0.25, 0.3) is 15.9 Å². The molecule has 0 saturated carbocycles. The van der Waals surface area contributed by atoms with Crippen LogP contribution in [-0.2, 0) is 14.8 Å². The lowest BCUT2D eigenvalue weighted by Crippen LogP contribution is -2.48. The van der Waals surface area contributed by atoms with Gasteiger partial charge >= 0.3 is 6.09 Å². The summed E-state index contributed by atoms with van der Waals surface area (Å²) in [4.78, 5) is 31.2. The summed E-state index contributed by atoms with van der Waals surface area (Å²) in [6.45, 7) is 5.31. The lowest BCUT2D eigenvalue weighted by Gasteiger charge is -2.18. The highest BCUT2D eigenvalue weighted by molar-refractivity contribution is 7.90. The van der Waals surface area contributed by atoms with E-state index in [0.29, 0.717) is 17.0 Å². The summed E-state index contributed by atoms with van der Waals surface area (Å²) in [6, 6.07) is 6.27. The number of sulfonamides is 1. The number of aromatic nitrogens is 2. The van der Waals surface area contributed by atoms with Crippen LogP contribution in [0.15, 0.2) is 35.2 Å². The fourth-order valence-electron chi connectivity index (χ4n) is 2.68. The first-order valence-corrected chi connectivity index (χ1v) is 10.2. The molecular formula is C18H23N5O5S. The van der Waals surface area contributed by atoms with Crippen LogP contribution >= 0.6 is 0 Å². The van der Waals surface area contributed by atoms with Crippen molar-refractivity contribution < 1.29 is 23.1 Å². The van der Waals surface area contributed by atoms with E-state index in [2.05, 4.69) is 9.97 Å². The Morgan fingerprint density at radius 3 is 2.48 bits per heavy atom. The van der Waals surface area contributed by atoms with Crippen LogP contribution in [0.3, 0.4) is 0 Å². The summed E-state index contributed by atoms with van der Waals surface area (Å²) in [6.07, 6.45) is -1.27. The molecule has 0 aliphatic rings. The minimum Gasteiger partial charge on any atom is -0.465 e. The van der Waals surface area contributed by atoms with Crippen LogP contribution in [0.1, 0.15) is 26.0 Å². The van der Waals surface area contributed by atoms with Gasteiger partial charge in [0.2, 0.25) is 5.95 Å². The number of hydrogen-bond acceptors (Lipinski definition) is 7. The first kappa shape index (κ1) is 22.1. The van der Waals surface area contributed by atoms with Gasteiger partial charge in [-0.15, -0.1) is 0 Å². The van der Waals surface area contributed by atoms with Gasteiger partial charge in [-0.05, 0) is 37.5 Å². The van der Waals surface area contributed by atoms with Gasteiger partial charge in [0, 0.05) is 11.3 Å². The van der Waals surface area contributed by atoms with Gasteiger partial charge in [-0.2, -0.15) is 0 Å². The number of hydrogen-bond donors (Lipinski definition) is 4. The molecule has 1 unspecified atom stereocenters. The SMILES string of the molecule is Cc1cc(-c2cccc(S(=O)(=O)NC(=O)C(CC(C)C)NC(=O)O)c2)nc(N)n1. The molecule has 0 spiro atoms. The van der Waals surface area contributed by atoms with E-state index in [1.165, 1.54) is 18.2 Å². The molecule has 1 atom stereocenters. The second kappa shape index (κ2) is 8.86. The van der Waals surface area contributed by atoms with Crippen LogP contribution < -0.4 is 15.8 Å². The average Bonchev–Trinajstić information content (AvgIpc) is 2.59. The third-order valence-electron chi connectivity index (χ3n) is 3.87. The number of carbonyl (C=O) groups excluding carboxylic acids is 1. The van der Waals surface area contributed by atoms with Crippen LogP contribution in [0.25, 0.3) is 11.3 Å². The van der Waals surface area contributed by atoms with Gasteiger partial charge in [-0.3, -0.25) is 4.79 Å². The fraction of sp³-hybridized carbons (Fsp3) is 0.333. The minimum absolute atomic E-state index is 0.0323. The molecule has 0 aliphatic carbocycles. The van der Waals surface area contributed by atoms with E-state index in [1.807, 2.05) is 10.0 Å². The van der Waals surface area contributed by atoms with E-state index in [9.17, 15) is 18.0 Å². The second-order valence-corrected chi connectivity index (χ2v) is 8.56. The largest absolute Gasteiger partial charge is 0.465 e. The lowest BCUT2D eigenvalue weighted by atomic mass is 10.0. The van der Waals surface area contributed by atoms with Crippen LogP contribution in [0, 0.1) is 12.8 Å². The molecule has 156 valence electrons. The van der Waals surface area contributed by atoms with Crippen molar-refractivity contribution in [3.05, 3.63) is 36.0 Å². The highest BCUT2D eigenvalue weighted by atomic mass is 32.2. The van der Waals surface area contributed by atoms with Crippen molar-refractivity contribution in [2.24, 2.45) is 5.92 Å². The normalized spacial score (nSPS) is 12.4. The maximum Gasteiger partial charge on any atom is 0.405 e. The Morgan fingerprint density at radius 2 is 1.90 bits per heavy atom. The quantitative estimate of drug-likeness (QED) is 0.522. The van der Waals surface area contributed by atoms with Crippen molar-refractivity contribution in [3.8, 4) is 11.3 Å². The van der Waals surface area contributed by atoms with Gasteiger partial charge in [0.1, 0.15) is 6.04 Å². The number of benzene rings is 1. The predicted octanol–water partition coefficient (Wildman–Crippen LogP) is 1.52. The van der Waals surface area contributed by atoms with E-state index in [0.717, 1.165) is 0 Å². The lowest BCUT2D eigenvalue weighted by molar-refractivity contribution is -0.121. The van der Waals surface area contributed by atoms with E-state index in [-0.39, 0.29) is 23.2 Å². The molecular weight excluding hydrogens is 398 g/mol. The Morgan fingerprint density at radius 1 is 1.21 bits per heavy atom. The maximum absolute atomic E-state index is 12.7. The van der Waals surface area contributed by atoms with Gasteiger partial charge in [-0.1, -0.05) is 26.0 Å². The number of nitrogens with one attached hydrogen (secondary N) is 2. The monoisotopic (exact) mass is 421 g/mol. The summed E-state index contributed by atoms with van der Waals surface area (Å²) in [5, 5.41) is 10.9. The molecule has 0 aliphatic heterocycles. The minimum atomic E-state index is -4.23. The van der Waals surface area contributed by atoms with Crippen molar-refractivity contribution in [2.45, 2.75) is 38.1 Å². The van der Waals surface area contributed by atoms with E-state index in [1.54, 1.807) is 32.9 Å². The van der Waals surface area contributed by atoms with Crippen molar-refractivity contribution in [2.75, 3.05) is 5.73 Å². The molecule has 2 aromatic rings. The number of nitrogens with two attached hydrogens (primary N) is 1. The van der Waals surface area contributed by atoms with E-state index in [4.69, 9.17) is 10.8 Å². The summed E-state index contributed by atoms with van der Waals surface area (Å²) in [5.41, 5.74) is 7.17. The highest BCUT2D eigenvalue weighted by Gasteiger charge is 2.27. The van der Waals surface area contributed by atoms with Gasteiger partial charge in [0.15, 0.2) is 0 Å². The van der Waals surface area contributed by atoms with Crippen molar-refractivity contribution in [1.29, 1.82) is 0 Å². The van der Waals surface area contributed by atoms with Gasteiger partial charge in [0.05, 0.1) is 10.6 Å². The van der Waals surface area contributed by atoms with Crippen molar-refractivity contribution in [1.82, 2.24) is 20.0 Å². The smallest absolute Gasteiger partial charge is 0.405 e. The molecule has 2 rings (SSSR count). The molecule has 0 radical (unpaired) electrons. The molecule has 5 N–H and O–H groups in total. The molecule has 1 aromatic carbocycles. The van der Waals surface area contributed by atoms with E-state index >= 15 is 0 Å². The number of carbonyl (C=O) groups is 2. The Hall–Kier alpha value is -3.21. The van der Waals surface area contributed by atoms with Gasteiger partial charge < -0.3 is 16.2 Å². The first-order valence-electron chi connectivity index (χ1n) is 8.75. The van der Waals surface area contributed by atoms with Crippen molar-refractivity contribution >= 4 is 28.0 Å². The average molecular weight is 421 g/mol. The highest BCUT2D eigenvalue weighted by Crippen LogP contribution is 2.22. The maximum atomic E-state index is 12.7. The molecule has 0 saturated heterocycles. The Kier molecular flexibility index (Phi) is 6.75. The van der Waals surface area contributed by atoms with Crippen LogP contribution in [0.4, 0.5) is 10.7 Å². The fourth-order valence-corrected chi connectivity index (χ4v) is 3.74. The number of carboxylic acid groups (broad SMARTS) is 1. The zero-order valence-corrected chi connectivity index (χ0v) is 17.0. The number of nitrogens with zero attached hydrogens (tertiary/aromatic N) is 2. The molecule has 1 aromatic heterocycles. The number of anilines is 1. The third-order valence-corrected chi connectivity index (χ3v) is 5.21. The van der Waals surface area contributed by atoms with Crippen molar-refractivity contribution in [3.63, 3.8) is 0 Å². The molecule has 1 heterocycles. The molecule has 0 bridgehead atoms. The van der Waals surface area contributed by atoms with Crippen LogP contribution in [0.2, 0.25) is 0 Å². The van der Waals surface area contributed by atoms with E-state index < -0.39 is 28.1 Å². The Labute approximate surface area is 168 Å². The molecule has 29 heavy (non-hydrogen) atoms. The number of aryl methyl sites for hydroxylation is 1. The Bertz CT molecular complexity index is 1000. The zero-order chi connectivity index (χ0) is 21.8. The summed E-state index contributed by atoms with van der Waals surface area (Å²) < 4.78 is 27.3. The Balaban J connectivity index is 2.30. The molecule has 0 fully saturated rings. The third kappa shape index (κ3) is 6.14. The summed E-state index contributed by atoms with van der Waals surface area (Å²) >= 11 is 0. The summed E-state index contributed by atoms with van der Waals surface area (Å²) in [7, 11) is -4.23. The number of rotatable bonds is 7. The molecule has 10 nitrogen and oxygen atoms in total. The van der Waals surface area contributed by atoms with Crippen LogP contribution in [-0.4, -0.2) is 41.5 Å². The number of nitrogen functional groups attached to an aromatic ring is 1. The predicted molar refractivity (Wildman–Crippen MR) is 106 cm³/mol.